The van der Waals surface area contributed by atoms with Gasteiger partial charge in [0.25, 0.3) is 5.91 Å². The van der Waals surface area contributed by atoms with Crippen molar-refractivity contribution in [3.05, 3.63) is 34.9 Å². The van der Waals surface area contributed by atoms with Crippen LogP contribution >= 0.6 is 11.6 Å². The van der Waals surface area contributed by atoms with Crippen molar-refractivity contribution in [3.63, 3.8) is 0 Å². The highest BCUT2D eigenvalue weighted by atomic mass is 35.5. The average molecular weight is 382 g/mol. The van der Waals surface area contributed by atoms with Crippen LogP contribution in [0.25, 0.3) is 0 Å². The Morgan fingerprint density at radius 1 is 1.31 bits per heavy atom. The molecule has 8 heteroatoms. The molecule has 142 valence electrons. The molecular formula is C18H24ClN3O4. The first kappa shape index (κ1) is 20.1. The first-order chi connectivity index (χ1) is 12.4. The summed E-state index contributed by atoms with van der Waals surface area (Å²) in [5.41, 5.74) is 1.63. The molecule has 0 saturated carbocycles. The highest BCUT2D eigenvalue weighted by molar-refractivity contribution is 6.32. The third-order valence-electron chi connectivity index (χ3n) is 3.80. The Kier molecular flexibility index (Phi) is 7.29. The first-order valence-electron chi connectivity index (χ1n) is 8.27. The Bertz CT molecular complexity index is 691. The lowest BCUT2D eigenvalue weighted by molar-refractivity contribution is -0.130. The molecule has 26 heavy (non-hydrogen) atoms. The molecule has 0 saturated heterocycles. The highest BCUT2D eigenvalue weighted by Gasteiger charge is 2.14. The van der Waals surface area contributed by atoms with E-state index in [1.165, 1.54) is 4.90 Å². The van der Waals surface area contributed by atoms with E-state index in [1.54, 1.807) is 44.2 Å². The van der Waals surface area contributed by atoms with Crippen LogP contribution in [0.5, 0.6) is 5.75 Å². The van der Waals surface area contributed by atoms with E-state index in [2.05, 4.69) is 11.4 Å². The van der Waals surface area contributed by atoms with Crippen LogP contribution in [-0.2, 0) is 9.53 Å². The summed E-state index contributed by atoms with van der Waals surface area (Å²) >= 11 is 6.17. The van der Waals surface area contributed by atoms with Gasteiger partial charge in [-0.15, -0.1) is 0 Å². The Balaban J connectivity index is 1.90. The minimum absolute atomic E-state index is 0.0989. The van der Waals surface area contributed by atoms with Gasteiger partial charge in [-0.05, 0) is 30.2 Å². The van der Waals surface area contributed by atoms with Crippen molar-refractivity contribution >= 4 is 29.2 Å². The van der Waals surface area contributed by atoms with E-state index in [-0.39, 0.29) is 18.5 Å². The van der Waals surface area contributed by atoms with E-state index in [4.69, 9.17) is 21.1 Å². The molecular weight excluding hydrogens is 358 g/mol. The standard InChI is InChI=1S/C18H24ClN3O4/c1-21(2)17(23)12-26-16-7-6-14(9-15(16)19)20-18(24)22(3)10-13-5-4-8-25-11-13/h5-7,9H,4,8,10-12H2,1-3H3,(H,20,24). The molecule has 2 rings (SSSR count). The van der Waals surface area contributed by atoms with Crippen molar-refractivity contribution < 1.29 is 19.1 Å². The number of nitrogens with one attached hydrogen (secondary N) is 1. The Morgan fingerprint density at radius 3 is 2.69 bits per heavy atom. The van der Waals surface area contributed by atoms with Crippen LogP contribution in [-0.4, -0.2) is 69.2 Å². The molecule has 0 aromatic heterocycles. The summed E-state index contributed by atoms with van der Waals surface area (Å²) in [5, 5.41) is 3.11. The third kappa shape index (κ3) is 5.93. The quantitative estimate of drug-likeness (QED) is 0.769. The van der Waals surface area contributed by atoms with E-state index in [0.29, 0.717) is 29.6 Å². The number of rotatable bonds is 6. The van der Waals surface area contributed by atoms with Crippen molar-refractivity contribution in [1.29, 1.82) is 0 Å². The number of anilines is 1. The predicted molar refractivity (Wildman–Crippen MR) is 101 cm³/mol. The molecule has 0 radical (unpaired) electrons. The Morgan fingerprint density at radius 2 is 2.08 bits per heavy atom. The van der Waals surface area contributed by atoms with Crippen LogP contribution in [0.4, 0.5) is 10.5 Å². The van der Waals surface area contributed by atoms with Crippen molar-refractivity contribution in [3.8, 4) is 5.75 Å². The van der Waals surface area contributed by atoms with Gasteiger partial charge in [0.15, 0.2) is 6.61 Å². The number of carbonyl (C=O) groups excluding carboxylic acids is 2. The number of urea groups is 1. The maximum absolute atomic E-state index is 12.3. The van der Waals surface area contributed by atoms with Crippen LogP contribution in [0.15, 0.2) is 29.8 Å². The molecule has 0 unspecified atom stereocenters. The number of ether oxygens (including phenoxy) is 2. The average Bonchev–Trinajstić information content (AvgIpc) is 2.61. The number of amides is 3. The van der Waals surface area contributed by atoms with Gasteiger partial charge in [-0.25, -0.2) is 4.79 Å². The molecule has 0 fully saturated rings. The van der Waals surface area contributed by atoms with Crippen molar-refractivity contribution in [2.45, 2.75) is 6.42 Å². The predicted octanol–water partition coefficient (Wildman–Crippen LogP) is 2.62. The summed E-state index contributed by atoms with van der Waals surface area (Å²) in [6.45, 7) is 1.69. The molecule has 1 aromatic rings. The maximum atomic E-state index is 12.3. The van der Waals surface area contributed by atoms with Gasteiger partial charge in [0.2, 0.25) is 0 Å². The summed E-state index contributed by atoms with van der Waals surface area (Å²) in [6, 6.07) is 4.64. The van der Waals surface area contributed by atoms with Gasteiger partial charge < -0.3 is 24.6 Å². The number of likely N-dealkylation sites (N-methyl/N-ethyl adjacent to an activating group) is 2. The molecule has 1 N–H and O–H groups in total. The lowest BCUT2D eigenvalue weighted by Crippen LogP contribution is -2.34. The van der Waals surface area contributed by atoms with E-state index >= 15 is 0 Å². The van der Waals surface area contributed by atoms with Gasteiger partial charge in [0.1, 0.15) is 5.75 Å². The zero-order chi connectivity index (χ0) is 19.1. The minimum atomic E-state index is -0.246. The monoisotopic (exact) mass is 381 g/mol. The third-order valence-corrected chi connectivity index (χ3v) is 4.10. The fourth-order valence-electron chi connectivity index (χ4n) is 2.28. The van der Waals surface area contributed by atoms with Crippen molar-refractivity contribution in [2.75, 3.05) is 52.8 Å². The number of nitrogens with zero attached hydrogens (tertiary/aromatic N) is 2. The molecule has 0 atom stereocenters. The largest absolute Gasteiger partial charge is 0.482 e. The van der Waals surface area contributed by atoms with Crippen LogP contribution in [0, 0.1) is 0 Å². The van der Waals surface area contributed by atoms with E-state index < -0.39 is 0 Å². The van der Waals surface area contributed by atoms with Crippen LogP contribution in [0.1, 0.15) is 6.42 Å². The summed E-state index contributed by atoms with van der Waals surface area (Å²) in [7, 11) is 5.02. The highest BCUT2D eigenvalue weighted by Crippen LogP contribution is 2.27. The minimum Gasteiger partial charge on any atom is -0.482 e. The van der Waals surface area contributed by atoms with Gasteiger partial charge in [0, 0.05) is 33.4 Å². The molecule has 0 spiro atoms. The van der Waals surface area contributed by atoms with E-state index in [0.717, 1.165) is 18.6 Å². The molecule has 7 nitrogen and oxygen atoms in total. The Hall–Kier alpha value is -2.25. The van der Waals surface area contributed by atoms with Gasteiger partial charge in [-0.1, -0.05) is 17.7 Å². The van der Waals surface area contributed by atoms with E-state index in [1.807, 2.05) is 0 Å². The summed E-state index contributed by atoms with van der Waals surface area (Å²) in [4.78, 5) is 26.9. The molecule has 1 aliphatic rings. The second-order valence-electron chi connectivity index (χ2n) is 6.21. The van der Waals surface area contributed by atoms with Gasteiger partial charge in [0.05, 0.1) is 18.2 Å². The number of carbonyl (C=O) groups is 2. The second-order valence-corrected chi connectivity index (χ2v) is 6.62. The Labute approximate surface area is 158 Å². The summed E-state index contributed by atoms with van der Waals surface area (Å²) in [6.07, 6.45) is 2.98. The van der Waals surface area contributed by atoms with Gasteiger partial charge >= 0.3 is 6.03 Å². The number of hydrogen-bond acceptors (Lipinski definition) is 4. The van der Waals surface area contributed by atoms with Crippen molar-refractivity contribution in [2.24, 2.45) is 0 Å². The SMILES string of the molecule is CN(C)C(=O)COc1ccc(NC(=O)N(C)CC2=CCCOC2)cc1Cl. The molecule has 1 aromatic carbocycles. The summed E-state index contributed by atoms with van der Waals surface area (Å²) < 4.78 is 10.8. The lowest BCUT2D eigenvalue weighted by Gasteiger charge is -2.22. The summed E-state index contributed by atoms with van der Waals surface area (Å²) in [5.74, 6) is 0.221. The molecule has 1 heterocycles. The molecule has 1 aliphatic heterocycles. The fraction of sp³-hybridized carbons (Fsp3) is 0.444. The maximum Gasteiger partial charge on any atom is 0.321 e. The first-order valence-corrected chi connectivity index (χ1v) is 8.65. The second kappa shape index (κ2) is 9.45. The van der Waals surface area contributed by atoms with Crippen LogP contribution in [0.3, 0.4) is 0 Å². The van der Waals surface area contributed by atoms with Crippen LogP contribution in [0.2, 0.25) is 5.02 Å². The van der Waals surface area contributed by atoms with Gasteiger partial charge in [-0.3, -0.25) is 4.79 Å². The smallest absolute Gasteiger partial charge is 0.321 e. The lowest BCUT2D eigenvalue weighted by atomic mass is 10.2. The zero-order valence-corrected chi connectivity index (χ0v) is 16.0. The van der Waals surface area contributed by atoms with Crippen molar-refractivity contribution in [1.82, 2.24) is 9.80 Å². The molecule has 3 amide bonds. The normalized spacial score (nSPS) is 13.6. The zero-order valence-electron chi connectivity index (χ0n) is 15.3. The fourth-order valence-corrected chi connectivity index (χ4v) is 2.51. The van der Waals surface area contributed by atoms with Crippen LogP contribution < -0.4 is 10.1 Å². The molecule has 0 aliphatic carbocycles. The topological polar surface area (TPSA) is 71.1 Å². The number of hydrogen-bond donors (Lipinski definition) is 1. The molecule has 0 bridgehead atoms. The number of benzene rings is 1. The number of halogens is 1. The van der Waals surface area contributed by atoms with Gasteiger partial charge in [-0.2, -0.15) is 0 Å². The van der Waals surface area contributed by atoms with E-state index in [9.17, 15) is 9.59 Å².